The lowest BCUT2D eigenvalue weighted by atomic mass is 10.1. The first kappa shape index (κ1) is 29.8. The molecule has 0 bridgehead atoms. The molecule has 8 nitrogen and oxygen atoms in total. The van der Waals surface area contributed by atoms with Crippen LogP contribution >= 0.6 is 11.6 Å². The van der Waals surface area contributed by atoms with E-state index in [0.717, 1.165) is 37.5 Å². The molecule has 38 heavy (non-hydrogen) atoms. The Hall–Kier alpha value is -2.78. The first-order chi connectivity index (χ1) is 18.1. The molecular weight excluding hydrogens is 526 g/mol. The van der Waals surface area contributed by atoms with Gasteiger partial charge in [-0.3, -0.25) is 13.9 Å². The third-order valence-corrected chi connectivity index (χ3v) is 8.28. The number of rotatable bonds is 13. The molecular formula is C28H38ClN3O5S. The van der Waals surface area contributed by atoms with Gasteiger partial charge in [-0.1, -0.05) is 49.6 Å². The molecule has 3 rings (SSSR count). The van der Waals surface area contributed by atoms with E-state index in [0.29, 0.717) is 22.9 Å². The van der Waals surface area contributed by atoms with E-state index < -0.39 is 16.1 Å². The topological polar surface area (TPSA) is 96.0 Å². The number of ether oxygens (including phenoxy) is 1. The number of nitrogens with one attached hydrogen (secondary N) is 1. The van der Waals surface area contributed by atoms with Crippen LogP contribution in [0.1, 0.15) is 57.4 Å². The molecule has 1 fully saturated rings. The summed E-state index contributed by atoms with van der Waals surface area (Å²) in [4.78, 5) is 28.5. The highest BCUT2D eigenvalue weighted by Crippen LogP contribution is 2.24. The van der Waals surface area contributed by atoms with Gasteiger partial charge in [0.15, 0.2) is 0 Å². The van der Waals surface area contributed by atoms with E-state index in [1.807, 2.05) is 31.2 Å². The number of halogens is 1. The van der Waals surface area contributed by atoms with Crippen molar-refractivity contribution in [1.82, 2.24) is 10.2 Å². The second kappa shape index (κ2) is 13.8. The lowest BCUT2D eigenvalue weighted by molar-refractivity contribution is -0.141. The maximum absolute atomic E-state index is 13.6. The summed E-state index contributed by atoms with van der Waals surface area (Å²) in [6.45, 7) is 2.29. The van der Waals surface area contributed by atoms with Crippen LogP contribution < -0.4 is 14.4 Å². The van der Waals surface area contributed by atoms with Crippen LogP contribution in [0, 0.1) is 0 Å². The Balaban J connectivity index is 1.76. The van der Waals surface area contributed by atoms with Crippen LogP contribution in [0.25, 0.3) is 0 Å². The zero-order valence-corrected chi connectivity index (χ0v) is 23.9. The molecule has 1 aliphatic rings. The van der Waals surface area contributed by atoms with Crippen molar-refractivity contribution in [2.75, 3.05) is 24.2 Å². The number of hydrogen-bond acceptors (Lipinski definition) is 5. The van der Waals surface area contributed by atoms with Gasteiger partial charge in [-0.25, -0.2) is 8.42 Å². The zero-order chi connectivity index (χ0) is 27.7. The molecule has 0 saturated heterocycles. The van der Waals surface area contributed by atoms with E-state index in [9.17, 15) is 18.0 Å². The normalized spacial score (nSPS) is 14.6. The van der Waals surface area contributed by atoms with Crippen LogP contribution in [0.5, 0.6) is 5.75 Å². The molecule has 10 heteroatoms. The van der Waals surface area contributed by atoms with Crippen LogP contribution in [0.15, 0.2) is 48.5 Å². The summed E-state index contributed by atoms with van der Waals surface area (Å²) < 4.78 is 31.5. The van der Waals surface area contributed by atoms with Crippen LogP contribution in [0.3, 0.4) is 0 Å². The maximum Gasteiger partial charge on any atom is 0.243 e. The number of carbonyl (C=O) groups excluding carboxylic acids is 2. The SMILES string of the molecule is CC[C@H](C(=O)NC1CCCC1)N(Cc1ccc(OC)cc1)C(=O)CCCN(c1cccc(Cl)c1)S(C)(=O)=O. The zero-order valence-electron chi connectivity index (χ0n) is 22.4. The van der Waals surface area contributed by atoms with Gasteiger partial charge < -0.3 is 15.0 Å². The minimum atomic E-state index is -3.58. The van der Waals surface area contributed by atoms with Gasteiger partial charge in [-0.15, -0.1) is 0 Å². The van der Waals surface area contributed by atoms with E-state index in [2.05, 4.69) is 5.32 Å². The molecule has 0 aromatic heterocycles. The van der Waals surface area contributed by atoms with E-state index in [1.165, 1.54) is 4.31 Å². The Morgan fingerprint density at radius 1 is 1.13 bits per heavy atom. The number of amides is 2. The highest BCUT2D eigenvalue weighted by Gasteiger charge is 2.30. The highest BCUT2D eigenvalue weighted by molar-refractivity contribution is 7.92. The molecule has 1 atom stereocenters. The molecule has 1 N–H and O–H groups in total. The van der Waals surface area contributed by atoms with Gasteiger partial charge in [0.05, 0.1) is 19.1 Å². The summed E-state index contributed by atoms with van der Waals surface area (Å²) in [5.41, 5.74) is 1.33. The van der Waals surface area contributed by atoms with Gasteiger partial charge in [0.25, 0.3) is 0 Å². The Bertz CT molecular complexity index is 1180. The number of benzene rings is 2. The van der Waals surface area contributed by atoms with Gasteiger partial charge in [-0.2, -0.15) is 0 Å². The first-order valence-corrected chi connectivity index (χ1v) is 15.3. The Morgan fingerprint density at radius 2 is 1.82 bits per heavy atom. The first-order valence-electron chi connectivity index (χ1n) is 13.1. The van der Waals surface area contributed by atoms with Crippen molar-refractivity contribution >= 4 is 39.1 Å². The minimum absolute atomic E-state index is 0.0932. The summed E-state index contributed by atoms with van der Waals surface area (Å²) in [5, 5.41) is 3.57. The van der Waals surface area contributed by atoms with E-state index in [-0.39, 0.29) is 43.8 Å². The van der Waals surface area contributed by atoms with Crippen molar-refractivity contribution < 1.29 is 22.7 Å². The molecule has 1 saturated carbocycles. The smallest absolute Gasteiger partial charge is 0.243 e. The van der Waals surface area contributed by atoms with E-state index in [4.69, 9.17) is 16.3 Å². The highest BCUT2D eigenvalue weighted by atomic mass is 35.5. The average molecular weight is 564 g/mol. The van der Waals surface area contributed by atoms with Crippen molar-refractivity contribution in [2.24, 2.45) is 0 Å². The van der Waals surface area contributed by atoms with Gasteiger partial charge in [-0.05, 0) is 61.6 Å². The van der Waals surface area contributed by atoms with Crippen molar-refractivity contribution in [3.8, 4) is 5.75 Å². The Kier molecular flexibility index (Phi) is 10.8. The Morgan fingerprint density at radius 3 is 2.39 bits per heavy atom. The molecule has 0 spiro atoms. The molecule has 208 valence electrons. The molecule has 2 aromatic rings. The molecule has 0 radical (unpaired) electrons. The lowest BCUT2D eigenvalue weighted by Gasteiger charge is -2.32. The predicted octanol–water partition coefficient (Wildman–Crippen LogP) is 4.76. The van der Waals surface area contributed by atoms with Crippen molar-refractivity contribution in [2.45, 2.75) is 70.5 Å². The third-order valence-electron chi connectivity index (χ3n) is 6.85. The van der Waals surface area contributed by atoms with Gasteiger partial charge in [0.1, 0.15) is 11.8 Å². The summed E-state index contributed by atoms with van der Waals surface area (Å²) in [7, 11) is -1.99. The van der Waals surface area contributed by atoms with E-state index >= 15 is 0 Å². The molecule has 1 aliphatic carbocycles. The molecule has 0 heterocycles. The second-order valence-electron chi connectivity index (χ2n) is 9.70. The monoisotopic (exact) mass is 563 g/mol. The van der Waals surface area contributed by atoms with Gasteiger partial charge in [0.2, 0.25) is 21.8 Å². The van der Waals surface area contributed by atoms with Crippen LogP contribution in [-0.4, -0.2) is 57.1 Å². The van der Waals surface area contributed by atoms with Crippen LogP contribution in [-0.2, 0) is 26.2 Å². The molecule has 0 aliphatic heterocycles. The lowest BCUT2D eigenvalue weighted by Crippen LogP contribution is -2.51. The average Bonchev–Trinajstić information content (AvgIpc) is 3.39. The molecule has 2 aromatic carbocycles. The third kappa shape index (κ3) is 8.36. The standard InChI is InChI=1S/C28H38ClN3O5S/c1-4-26(28(34)30-23-10-5-6-11-23)31(20-21-14-16-25(37-2)17-15-21)27(33)13-8-18-32(38(3,35)36)24-12-7-9-22(29)19-24/h7,9,12,14-17,19,23,26H,4-6,8,10-11,13,18,20H2,1-3H3,(H,30,34)/t26-/m1/s1. The van der Waals surface area contributed by atoms with Gasteiger partial charge in [0, 0.05) is 30.6 Å². The number of sulfonamides is 1. The molecule has 2 amide bonds. The van der Waals surface area contributed by atoms with Gasteiger partial charge >= 0.3 is 0 Å². The van der Waals surface area contributed by atoms with Crippen molar-refractivity contribution in [1.29, 1.82) is 0 Å². The summed E-state index contributed by atoms with van der Waals surface area (Å²) >= 11 is 6.07. The minimum Gasteiger partial charge on any atom is -0.497 e. The van der Waals surface area contributed by atoms with Crippen LogP contribution in [0.4, 0.5) is 5.69 Å². The quantitative estimate of drug-likeness (QED) is 0.379. The Labute approximate surface area is 231 Å². The summed E-state index contributed by atoms with van der Waals surface area (Å²) in [6.07, 6.45) is 6.09. The predicted molar refractivity (Wildman–Crippen MR) is 151 cm³/mol. The number of carbonyl (C=O) groups is 2. The van der Waals surface area contributed by atoms with E-state index in [1.54, 1.807) is 36.3 Å². The fourth-order valence-electron chi connectivity index (χ4n) is 4.85. The maximum atomic E-state index is 13.6. The number of methoxy groups -OCH3 is 1. The van der Waals surface area contributed by atoms with Crippen LogP contribution in [0.2, 0.25) is 5.02 Å². The molecule has 0 unspecified atom stereocenters. The second-order valence-corrected chi connectivity index (χ2v) is 12.0. The largest absolute Gasteiger partial charge is 0.497 e. The number of hydrogen-bond donors (Lipinski definition) is 1. The fraction of sp³-hybridized carbons (Fsp3) is 0.500. The summed E-state index contributed by atoms with van der Waals surface area (Å²) in [5.74, 6) is 0.367. The number of nitrogens with zero attached hydrogens (tertiary/aromatic N) is 2. The fourth-order valence-corrected chi connectivity index (χ4v) is 5.99. The number of anilines is 1. The summed E-state index contributed by atoms with van der Waals surface area (Å²) in [6, 6.07) is 13.6. The van der Waals surface area contributed by atoms with Crippen molar-refractivity contribution in [3.05, 3.63) is 59.1 Å². The van der Waals surface area contributed by atoms with Crippen molar-refractivity contribution in [3.63, 3.8) is 0 Å².